The molecule has 0 radical (unpaired) electrons. The second-order valence-electron chi connectivity index (χ2n) is 3.11. The fraction of sp³-hybridized carbons (Fsp3) is 0.200. The quantitative estimate of drug-likeness (QED) is 0.745. The van der Waals surface area contributed by atoms with Crippen molar-refractivity contribution in [2.75, 3.05) is 7.11 Å². The van der Waals surface area contributed by atoms with Gasteiger partial charge in [-0.1, -0.05) is 0 Å². The Morgan fingerprint density at radius 1 is 1.53 bits per heavy atom. The number of rotatable bonds is 1. The van der Waals surface area contributed by atoms with Gasteiger partial charge in [0.2, 0.25) is 0 Å². The summed E-state index contributed by atoms with van der Waals surface area (Å²) in [5.41, 5.74) is 2.09. The van der Waals surface area contributed by atoms with Crippen LogP contribution in [-0.2, 0) is 4.74 Å². The third kappa shape index (κ3) is 1.52. The molecular formula is C10H9BrN2O2. The zero-order valence-corrected chi connectivity index (χ0v) is 9.91. The molecule has 0 aromatic carbocycles. The van der Waals surface area contributed by atoms with E-state index in [-0.39, 0.29) is 0 Å². The van der Waals surface area contributed by atoms with E-state index >= 15 is 0 Å². The lowest BCUT2D eigenvalue weighted by atomic mass is 10.3. The van der Waals surface area contributed by atoms with Crippen LogP contribution in [-0.4, -0.2) is 22.5 Å². The molecule has 0 saturated carbocycles. The lowest BCUT2D eigenvalue weighted by molar-refractivity contribution is 0.0597. The highest BCUT2D eigenvalue weighted by Gasteiger charge is 2.14. The van der Waals surface area contributed by atoms with Crippen LogP contribution in [0.25, 0.3) is 5.52 Å². The molecule has 0 atom stereocenters. The smallest absolute Gasteiger partial charge is 0.358 e. The van der Waals surface area contributed by atoms with Crippen LogP contribution in [0.5, 0.6) is 0 Å². The number of aryl methyl sites for hydroxylation is 1. The van der Waals surface area contributed by atoms with Gasteiger partial charge < -0.3 is 9.14 Å². The number of pyridine rings is 1. The summed E-state index contributed by atoms with van der Waals surface area (Å²) in [5.74, 6) is -0.417. The van der Waals surface area contributed by atoms with Crippen LogP contribution < -0.4 is 0 Å². The maximum Gasteiger partial charge on any atom is 0.358 e. The molecular weight excluding hydrogens is 260 g/mol. The van der Waals surface area contributed by atoms with E-state index < -0.39 is 5.97 Å². The topological polar surface area (TPSA) is 43.6 Å². The molecule has 15 heavy (non-hydrogen) atoms. The zero-order valence-electron chi connectivity index (χ0n) is 8.32. The number of halogens is 1. The van der Waals surface area contributed by atoms with Crippen LogP contribution in [0.2, 0.25) is 0 Å². The predicted octanol–water partition coefficient (Wildman–Crippen LogP) is 2.19. The minimum Gasteiger partial charge on any atom is -0.464 e. The number of hydrogen-bond donors (Lipinski definition) is 0. The lowest BCUT2D eigenvalue weighted by Gasteiger charge is -2.02. The van der Waals surface area contributed by atoms with Gasteiger partial charge in [0.1, 0.15) is 6.33 Å². The van der Waals surface area contributed by atoms with E-state index in [2.05, 4.69) is 25.7 Å². The summed E-state index contributed by atoms with van der Waals surface area (Å²) >= 11 is 3.41. The van der Waals surface area contributed by atoms with Crippen LogP contribution >= 0.6 is 15.9 Å². The number of imidazole rings is 1. The summed E-state index contributed by atoms with van der Waals surface area (Å²) in [6.45, 7) is 1.94. The minimum absolute atomic E-state index is 0.341. The Morgan fingerprint density at radius 3 is 2.93 bits per heavy atom. The van der Waals surface area contributed by atoms with Gasteiger partial charge in [-0.3, -0.25) is 0 Å². The van der Waals surface area contributed by atoms with Gasteiger partial charge in [0.05, 0.1) is 12.6 Å². The minimum atomic E-state index is -0.417. The average Bonchev–Trinajstić information content (AvgIpc) is 2.66. The van der Waals surface area contributed by atoms with Gasteiger partial charge in [-0.05, 0) is 35.0 Å². The number of aromatic nitrogens is 2. The van der Waals surface area contributed by atoms with Crippen molar-refractivity contribution in [3.63, 3.8) is 0 Å². The number of hydrogen-bond acceptors (Lipinski definition) is 3. The molecule has 2 rings (SSSR count). The molecule has 0 aliphatic heterocycles. The van der Waals surface area contributed by atoms with Crippen LogP contribution in [0.3, 0.4) is 0 Å². The average molecular weight is 269 g/mol. The predicted molar refractivity (Wildman–Crippen MR) is 59.0 cm³/mol. The molecule has 0 bridgehead atoms. The summed E-state index contributed by atoms with van der Waals surface area (Å²) in [4.78, 5) is 15.4. The Kier molecular flexibility index (Phi) is 2.48. The molecule has 2 heterocycles. The Hall–Kier alpha value is -1.36. The van der Waals surface area contributed by atoms with Crippen molar-refractivity contribution in [1.82, 2.24) is 9.38 Å². The number of nitrogens with zero attached hydrogens (tertiary/aromatic N) is 2. The number of methoxy groups -OCH3 is 1. The third-order valence-corrected chi connectivity index (χ3v) is 3.12. The van der Waals surface area contributed by atoms with Crippen molar-refractivity contribution >= 4 is 27.4 Å². The van der Waals surface area contributed by atoms with Crippen LogP contribution in [0.1, 0.15) is 16.2 Å². The molecule has 0 fully saturated rings. The Balaban J connectivity index is 2.72. The molecule has 4 nitrogen and oxygen atoms in total. The van der Waals surface area contributed by atoms with Gasteiger partial charge in [0.25, 0.3) is 0 Å². The molecule has 0 amide bonds. The van der Waals surface area contributed by atoms with Gasteiger partial charge in [-0.2, -0.15) is 0 Å². The molecule has 2 aromatic heterocycles. The van der Waals surface area contributed by atoms with E-state index in [1.807, 2.05) is 23.5 Å². The summed E-state index contributed by atoms with van der Waals surface area (Å²) < 4.78 is 7.47. The Labute approximate surface area is 95.0 Å². The molecule has 0 aliphatic rings. The first-order valence-corrected chi connectivity index (χ1v) is 5.15. The molecule has 2 aromatic rings. The maximum absolute atomic E-state index is 11.4. The molecule has 0 unspecified atom stereocenters. The first-order chi connectivity index (χ1) is 7.15. The monoisotopic (exact) mass is 268 g/mol. The number of carbonyl (C=O) groups excluding carboxylic acids is 1. The number of fused-ring (bicyclic) bond motifs is 1. The van der Waals surface area contributed by atoms with Crippen molar-refractivity contribution in [2.24, 2.45) is 0 Å². The Bertz CT molecular complexity index is 533. The molecule has 78 valence electrons. The number of esters is 1. The lowest BCUT2D eigenvalue weighted by Crippen LogP contribution is -2.02. The molecule has 5 heteroatoms. The highest BCUT2D eigenvalue weighted by atomic mass is 79.9. The fourth-order valence-electron chi connectivity index (χ4n) is 1.43. The van der Waals surface area contributed by atoms with E-state index in [1.165, 1.54) is 7.11 Å². The SMILES string of the molecule is COC(=O)c1ncn2c(C)c(Br)ccc12. The van der Waals surface area contributed by atoms with E-state index in [9.17, 15) is 4.79 Å². The number of carbonyl (C=O) groups is 1. The molecule has 0 saturated heterocycles. The van der Waals surface area contributed by atoms with Crippen molar-refractivity contribution in [2.45, 2.75) is 6.92 Å². The second-order valence-corrected chi connectivity index (χ2v) is 3.96. The number of ether oxygens (including phenoxy) is 1. The van der Waals surface area contributed by atoms with E-state index in [0.29, 0.717) is 5.69 Å². The highest BCUT2D eigenvalue weighted by Crippen LogP contribution is 2.20. The summed E-state index contributed by atoms with van der Waals surface area (Å²) in [7, 11) is 1.35. The first-order valence-electron chi connectivity index (χ1n) is 4.35. The first kappa shape index (κ1) is 10.2. The van der Waals surface area contributed by atoms with Crippen molar-refractivity contribution in [3.05, 3.63) is 34.3 Å². The highest BCUT2D eigenvalue weighted by molar-refractivity contribution is 9.10. The van der Waals surface area contributed by atoms with Gasteiger partial charge in [-0.15, -0.1) is 0 Å². The standard InChI is InChI=1S/C10H9BrN2O2/c1-6-7(11)3-4-8-9(10(14)15-2)12-5-13(6)8/h3-5H,1-2H3. The van der Waals surface area contributed by atoms with Gasteiger partial charge in [0, 0.05) is 10.2 Å². The van der Waals surface area contributed by atoms with E-state index in [1.54, 1.807) is 6.33 Å². The largest absolute Gasteiger partial charge is 0.464 e. The van der Waals surface area contributed by atoms with E-state index in [4.69, 9.17) is 0 Å². The fourth-order valence-corrected chi connectivity index (χ4v) is 1.75. The van der Waals surface area contributed by atoms with Gasteiger partial charge in [0.15, 0.2) is 5.69 Å². The molecule has 0 N–H and O–H groups in total. The van der Waals surface area contributed by atoms with Crippen LogP contribution in [0.15, 0.2) is 22.9 Å². The molecule has 0 aliphatic carbocycles. The van der Waals surface area contributed by atoms with Crippen molar-refractivity contribution < 1.29 is 9.53 Å². The third-order valence-electron chi connectivity index (χ3n) is 2.28. The Morgan fingerprint density at radius 2 is 2.27 bits per heavy atom. The van der Waals surface area contributed by atoms with Crippen molar-refractivity contribution in [1.29, 1.82) is 0 Å². The summed E-state index contributed by atoms with van der Waals surface area (Å²) in [6.07, 6.45) is 1.61. The summed E-state index contributed by atoms with van der Waals surface area (Å²) in [6, 6.07) is 3.72. The summed E-state index contributed by atoms with van der Waals surface area (Å²) in [5, 5.41) is 0. The molecule has 0 spiro atoms. The van der Waals surface area contributed by atoms with Gasteiger partial charge >= 0.3 is 5.97 Å². The van der Waals surface area contributed by atoms with Crippen LogP contribution in [0, 0.1) is 6.92 Å². The van der Waals surface area contributed by atoms with Crippen molar-refractivity contribution in [3.8, 4) is 0 Å². The normalized spacial score (nSPS) is 10.6. The zero-order chi connectivity index (χ0) is 11.0. The maximum atomic E-state index is 11.4. The van der Waals surface area contributed by atoms with Crippen LogP contribution in [0.4, 0.5) is 0 Å². The van der Waals surface area contributed by atoms with E-state index in [0.717, 1.165) is 15.7 Å². The van der Waals surface area contributed by atoms with Gasteiger partial charge in [-0.25, -0.2) is 9.78 Å². The second kappa shape index (κ2) is 3.66.